The number of benzene rings is 2. The Morgan fingerprint density at radius 1 is 0.821 bits per heavy atom. The molecule has 0 saturated carbocycles. The van der Waals surface area contributed by atoms with Crippen LogP contribution in [0.3, 0.4) is 0 Å². The van der Waals surface area contributed by atoms with E-state index in [-0.39, 0.29) is 0 Å². The molecule has 2 aromatic carbocycles. The van der Waals surface area contributed by atoms with Gasteiger partial charge in [-0.3, -0.25) is 10.2 Å². The molecule has 0 aliphatic rings. The van der Waals surface area contributed by atoms with Crippen molar-refractivity contribution < 1.29 is 0 Å². The second-order valence-electron chi connectivity index (χ2n) is 6.09. The fraction of sp³-hybridized carbons (Fsp3) is 0. The summed E-state index contributed by atoms with van der Waals surface area (Å²) in [7, 11) is 0. The molecule has 0 aliphatic carbocycles. The zero-order valence-corrected chi connectivity index (χ0v) is 14.6. The monoisotopic (exact) mass is 369 g/mol. The summed E-state index contributed by atoms with van der Waals surface area (Å²) in [5.74, 6) is 1.45. The first-order chi connectivity index (χ1) is 13.8. The van der Waals surface area contributed by atoms with E-state index in [9.17, 15) is 0 Å². The highest BCUT2D eigenvalue weighted by atomic mass is 15.3. The first kappa shape index (κ1) is 15.9. The molecule has 5 rings (SSSR count). The van der Waals surface area contributed by atoms with Gasteiger partial charge in [0.05, 0.1) is 17.4 Å². The number of aromatic amines is 2. The van der Waals surface area contributed by atoms with Crippen LogP contribution in [-0.2, 0) is 0 Å². The number of H-pyrrole nitrogens is 2. The number of anilines is 4. The maximum atomic E-state index is 4.39. The molecule has 0 bridgehead atoms. The summed E-state index contributed by atoms with van der Waals surface area (Å²) in [6.07, 6.45) is 3.21. The maximum absolute atomic E-state index is 4.39. The second kappa shape index (κ2) is 6.80. The summed E-state index contributed by atoms with van der Waals surface area (Å²) < 4.78 is 0. The summed E-state index contributed by atoms with van der Waals surface area (Å²) >= 11 is 0. The fourth-order valence-corrected chi connectivity index (χ4v) is 2.83. The van der Waals surface area contributed by atoms with Gasteiger partial charge < -0.3 is 10.6 Å². The third-order valence-electron chi connectivity index (χ3n) is 4.17. The average Bonchev–Trinajstić information content (AvgIpc) is 3.38. The Morgan fingerprint density at radius 3 is 2.57 bits per heavy atom. The highest BCUT2D eigenvalue weighted by Gasteiger charge is 2.07. The predicted octanol–water partition coefficient (Wildman–Crippen LogP) is 3.63. The Morgan fingerprint density at radius 2 is 1.68 bits per heavy atom. The average molecular weight is 369 g/mol. The Kier molecular flexibility index (Phi) is 3.87. The van der Waals surface area contributed by atoms with Crippen LogP contribution < -0.4 is 10.6 Å². The van der Waals surface area contributed by atoms with Crippen molar-refractivity contribution >= 4 is 34.3 Å². The van der Waals surface area contributed by atoms with Crippen molar-refractivity contribution in [2.75, 3.05) is 10.6 Å². The van der Waals surface area contributed by atoms with Gasteiger partial charge in [0.1, 0.15) is 6.33 Å². The van der Waals surface area contributed by atoms with Gasteiger partial charge in [-0.25, -0.2) is 9.97 Å². The van der Waals surface area contributed by atoms with Crippen LogP contribution in [0.2, 0.25) is 0 Å². The van der Waals surface area contributed by atoms with Gasteiger partial charge in [0.2, 0.25) is 11.9 Å². The van der Waals surface area contributed by atoms with Crippen LogP contribution in [0.1, 0.15) is 0 Å². The van der Waals surface area contributed by atoms with Gasteiger partial charge in [0.15, 0.2) is 5.82 Å². The van der Waals surface area contributed by atoms with Gasteiger partial charge in [0.25, 0.3) is 0 Å². The molecule has 0 spiro atoms. The van der Waals surface area contributed by atoms with E-state index in [0.717, 1.165) is 27.8 Å². The number of aromatic nitrogens is 7. The molecule has 28 heavy (non-hydrogen) atoms. The van der Waals surface area contributed by atoms with Crippen LogP contribution in [-0.4, -0.2) is 35.3 Å². The van der Waals surface area contributed by atoms with E-state index in [4.69, 9.17) is 0 Å². The Balaban J connectivity index is 1.33. The van der Waals surface area contributed by atoms with Crippen molar-refractivity contribution in [3.8, 4) is 11.3 Å². The molecule has 0 atom stereocenters. The molecule has 136 valence electrons. The van der Waals surface area contributed by atoms with Gasteiger partial charge >= 0.3 is 0 Å². The smallest absolute Gasteiger partial charge is 0.233 e. The SMILES string of the molecule is c1ccc(-c2cc(Nc3ncnc(Nc4ccc5[nH]ncc5c4)n3)n[nH]2)cc1. The summed E-state index contributed by atoms with van der Waals surface area (Å²) in [5, 5.41) is 21.5. The number of hydrogen-bond acceptors (Lipinski definition) is 7. The van der Waals surface area contributed by atoms with E-state index < -0.39 is 0 Å². The third kappa shape index (κ3) is 3.23. The largest absolute Gasteiger partial charge is 0.324 e. The van der Waals surface area contributed by atoms with E-state index in [1.165, 1.54) is 6.33 Å². The lowest BCUT2D eigenvalue weighted by molar-refractivity contribution is 1.04. The normalized spacial score (nSPS) is 10.9. The van der Waals surface area contributed by atoms with Gasteiger partial charge in [-0.05, 0) is 23.8 Å². The summed E-state index contributed by atoms with van der Waals surface area (Å²) in [6, 6.07) is 17.7. The molecule has 0 radical (unpaired) electrons. The summed E-state index contributed by atoms with van der Waals surface area (Å²) in [6.45, 7) is 0. The predicted molar refractivity (Wildman–Crippen MR) is 107 cm³/mol. The van der Waals surface area contributed by atoms with Gasteiger partial charge in [-0.15, -0.1) is 0 Å². The Hall–Kier alpha value is -4.27. The lowest BCUT2D eigenvalue weighted by Crippen LogP contribution is -2.02. The molecule has 9 heteroatoms. The molecule has 3 heterocycles. The minimum atomic E-state index is 0.396. The van der Waals surface area contributed by atoms with Crippen molar-refractivity contribution in [3.63, 3.8) is 0 Å². The lowest BCUT2D eigenvalue weighted by Gasteiger charge is -2.06. The number of nitrogens with zero attached hydrogens (tertiary/aromatic N) is 5. The van der Waals surface area contributed by atoms with Crippen molar-refractivity contribution in [2.45, 2.75) is 0 Å². The topological polar surface area (TPSA) is 120 Å². The molecular weight excluding hydrogens is 354 g/mol. The Bertz CT molecular complexity index is 1230. The molecule has 5 aromatic rings. The van der Waals surface area contributed by atoms with E-state index in [1.54, 1.807) is 6.20 Å². The zero-order chi connectivity index (χ0) is 18.8. The third-order valence-corrected chi connectivity index (χ3v) is 4.17. The van der Waals surface area contributed by atoms with E-state index >= 15 is 0 Å². The summed E-state index contributed by atoms with van der Waals surface area (Å²) in [5.41, 5.74) is 3.79. The van der Waals surface area contributed by atoms with Gasteiger partial charge in [-0.1, -0.05) is 30.3 Å². The number of hydrogen-bond donors (Lipinski definition) is 4. The standard InChI is InChI=1S/C19H15N9/c1-2-4-12(5-3-1)16-9-17(28-27-16)24-19-21-11-20-18(25-19)23-14-6-7-15-13(8-14)10-22-26-15/h1-11H,(H,22,26)(H3,20,21,23,24,25,27,28). The molecule has 3 aromatic heterocycles. The lowest BCUT2D eigenvalue weighted by atomic mass is 10.2. The fourth-order valence-electron chi connectivity index (χ4n) is 2.83. The van der Waals surface area contributed by atoms with E-state index in [1.807, 2.05) is 54.6 Å². The van der Waals surface area contributed by atoms with Crippen LogP contribution in [0.15, 0.2) is 67.1 Å². The molecule has 9 nitrogen and oxygen atoms in total. The molecular formula is C19H15N9. The highest BCUT2D eigenvalue weighted by Crippen LogP contribution is 2.22. The molecule has 0 fully saturated rings. The summed E-state index contributed by atoms with van der Waals surface area (Å²) in [4.78, 5) is 12.7. The van der Waals surface area contributed by atoms with Crippen molar-refractivity contribution in [1.82, 2.24) is 35.3 Å². The first-order valence-corrected chi connectivity index (χ1v) is 8.60. The molecule has 0 saturated heterocycles. The maximum Gasteiger partial charge on any atom is 0.233 e. The quantitative estimate of drug-likeness (QED) is 0.373. The molecule has 0 aliphatic heterocycles. The highest BCUT2D eigenvalue weighted by molar-refractivity contribution is 5.82. The van der Waals surface area contributed by atoms with Crippen LogP contribution >= 0.6 is 0 Å². The van der Waals surface area contributed by atoms with Crippen LogP contribution in [0.25, 0.3) is 22.2 Å². The number of rotatable bonds is 5. The van der Waals surface area contributed by atoms with Gasteiger partial charge in [0, 0.05) is 17.1 Å². The minimum Gasteiger partial charge on any atom is -0.324 e. The zero-order valence-electron chi connectivity index (χ0n) is 14.6. The van der Waals surface area contributed by atoms with Crippen molar-refractivity contribution in [1.29, 1.82) is 0 Å². The Labute approximate surface area is 159 Å². The number of nitrogens with one attached hydrogen (secondary N) is 4. The van der Waals surface area contributed by atoms with Gasteiger partial charge in [-0.2, -0.15) is 15.2 Å². The van der Waals surface area contributed by atoms with E-state index in [2.05, 4.69) is 46.0 Å². The molecule has 0 amide bonds. The second-order valence-corrected chi connectivity index (χ2v) is 6.09. The molecule has 4 N–H and O–H groups in total. The van der Waals surface area contributed by atoms with E-state index in [0.29, 0.717) is 17.7 Å². The van der Waals surface area contributed by atoms with Crippen LogP contribution in [0, 0.1) is 0 Å². The van der Waals surface area contributed by atoms with Crippen molar-refractivity contribution in [3.05, 3.63) is 67.1 Å². The molecule has 0 unspecified atom stereocenters. The number of fused-ring (bicyclic) bond motifs is 1. The minimum absolute atomic E-state index is 0.396. The van der Waals surface area contributed by atoms with Crippen LogP contribution in [0.4, 0.5) is 23.4 Å². The first-order valence-electron chi connectivity index (χ1n) is 8.60. The van der Waals surface area contributed by atoms with Crippen LogP contribution in [0.5, 0.6) is 0 Å². The van der Waals surface area contributed by atoms with Crippen molar-refractivity contribution in [2.24, 2.45) is 0 Å².